The number of hydrogen-bond acceptors (Lipinski definition) is 12. The summed E-state index contributed by atoms with van der Waals surface area (Å²) in [7, 11) is 0. The van der Waals surface area contributed by atoms with Crippen LogP contribution < -0.4 is 0 Å². The summed E-state index contributed by atoms with van der Waals surface area (Å²) in [5.41, 5.74) is 0. The van der Waals surface area contributed by atoms with Crippen molar-refractivity contribution in [2.45, 2.75) is 0 Å². The first-order chi connectivity index (χ1) is 6.93. The molecular formula is N4O12Pu-4. The van der Waals surface area contributed by atoms with E-state index < -0.39 is 20.3 Å². The first-order valence-corrected chi connectivity index (χ1v) is 2.19. The van der Waals surface area contributed by atoms with Gasteiger partial charge in [0.1, 0.15) is 0 Å². The summed E-state index contributed by atoms with van der Waals surface area (Å²) in [5.74, 6) is 0. The van der Waals surface area contributed by atoms with E-state index in [1.54, 1.807) is 0 Å². The second-order valence-corrected chi connectivity index (χ2v) is 0.894. The van der Waals surface area contributed by atoms with Crippen LogP contribution in [0.1, 0.15) is 0 Å². The van der Waals surface area contributed by atoms with E-state index in [1.165, 1.54) is 0 Å². The Hall–Kier alpha value is -2.21. The van der Waals surface area contributed by atoms with Crippen molar-refractivity contribution < 1.29 is 49.5 Å². The van der Waals surface area contributed by atoms with Crippen LogP contribution in [0, 0.1) is 90.5 Å². The Morgan fingerprint density at radius 1 is 0.412 bits per heavy atom. The average Bonchev–Trinajstić information content (AvgIpc) is 1.76. The van der Waals surface area contributed by atoms with Crippen LogP contribution in [0.25, 0.3) is 0 Å². The first-order valence-electron chi connectivity index (χ1n) is 2.19. The molecule has 0 unspecified atom stereocenters. The molecule has 0 rings (SSSR count). The van der Waals surface area contributed by atoms with Gasteiger partial charge in [-0.25, -0.2) is 0 Å². The fourth-order valence-corrected chi connectivity index (χ4v) is 0. The molecule has 0 aliphatic rings. The minimum absolute atomic E-state index is 0. The van der Waals surface area contributed by atoms with E-state index in [9.17, 15) is 0 Å². The van der Waals surface area contributed by atoms with Gasteiger partial charge in [-0.1, -0.05) is 0 Å². The van der Waals surface area contributed by atoms with Crippen molar-refractivity contribution in [3.63, 3.8) is 0 Å². The van der Waals surface area contributed by atoms with Gasteiger partial charge >= 0.3 is 0 Å². The zero-order valence-electron chi connectivity index (χ0n) is 7.10. The monoisotopic (exact) mass is 486 g/mol. The van der Waals surface area contributed by atoms with Crippen molar-refractivity contribution in [2.75, 3.05) is 0 Å². The molecule has 0 N–H and O–H groups in total. The summed E-state index contributed by atoms with van der Waals surface area (Å²) in [5, 5.41) is 59.0. The van der Waals surface area contributed by atoms with E-state index in [4.69, 9.17) is 61.3 Å². The van der Waals surface area contributed by atoms with E-state index >= 15 is 0 Å². The van der Waals surface area contributed by atoms with Crippen LogP contribution in [0.15, 0.2) is 0 Å². The van der Waals surface area contributed by atoms with Crippen molar-refractivity contribution in [1.29, 1.82) is 0 Å². The maximum Gasteiger partial charge on any atom is 0.0689 e. The molecule has 0 aromatic heterocycles. The van der Waals surface area contributed by atoms with Crippen molar-refractivity contribution in [3.8, 4) is 0 Å². The van der Waals surface area contributed by atoms with Gasteiger partial charge in [-0.2, -0.15) is 0 Å². The van der Waals surface area contributed by atoms with Gasteiger partial charge in [0.15, 0.2) is 0 Å². The maximum absolute atomic E-state index is 8.25. The van der Waals surface area contributed by atoms with Gasteiger partial charge in [-0.05, 0) is 0 Å². The largest absolute Gasteiger partial charge is 0.356 e. The molecule has 0 spiro atoms. The van der Waals surface area contributed by atoms with Gasteiger partial charge in [0.2, 0.25) is 0 Å². The van der Waals surface area contributed by atoms with Gasteiger partial charge in [0.05, 0.1) is 20.3 Å². The van der Waals surface area contributed by atoms with Gasteiger partial charge in [-0.3, -0.25) is 0 Å². The molecule has 0 aromatic carbocycles. The molecule has 17 heteroatoms. The third-order valence-electron chi connectivity index (χ3n) is 0. The van der Waals surface area contributed by atoms with Crippen LogP contribution in [-0.4, -0.2) is 20.3 Å². The smallest absolute Gasteiger partial charge is 0.0689 e. The molecule has 0 saturated heterocycles. The maximum atomic E-state index is 8.25. The predicted molar refractivity (Wildman–Crippen MR) is 41.4 cm³/mol. The molecule has 0 aliphatic heterocycles. The minimum atomic E-state index is -1.75. The Morgan fingerprint density at radius 2 is 0.412 bits per heavy atom. The molecule has 0 saturated carbocycles. The van der Waals surface area contributed by atoms with Crippen LogP contribution in [0.4, 0.5) is 0 Å². The summed E-state index contributed by atoms with van der Waals surface area (Å²) in [6, 6.07) is 0. The summed E-state index contributed by atoms with van der Waals surface area (Å²) in [6.07, 6.45) is 0. The standard InChI is InChI=1S/4NO3.Pu/c4*2-1(3)4;/q4*-1;. The van der Waals surface area contributed by atoms with Crippen molar-refractivity contribution in [3.05, 3.63) is 61.3 Å². The third-order valence-corrected chi connectivity index (χ3v) is 0. The van der Waals surface area contributed by atoms with E-state index in [0.717, 1.165) is 0 Å². The molecule has 102 valence electrons. The summed E-state index contributed by atoms with van der Waals surface area (Å²) in [6.45, 7) is 0. The van der Waals surface area contributed by atoms with Crippen molar-refractivity contribution in [2.24, 2.45) is 0 Å². The Balaban J connectivity index is -0.0000000369. The summed E-state index contributed by atoms with van der Waals surface area (Å²) < 4.78 is 0. The number of rotatable bonds is 0. The second kappa shape index (κ2) is 23.5. The molecule has 16 nitrogen and oxygen atoms in total. The average molecular weight is 492 g/mol. The number of nitrogens with zero attached hydrogens (tertiary/aromatic N) is 4. The molecule has 0 bridgehead atoms. The van der Waals surface area contributed by atoms with Gasteiger partial charge in [0.25, 0.3) is 0 Å². The Kier molecular flexibility index (Phi) is 40.6. The molecule has 0 aromatic rings. The molecule has 0 fully saturated rings. The van der Waals surface area contributed by atoms with Crippen LogP contribution in [-0.2, 0) is 0 Å². The molecule has 0 radical (unpaired) electrons. The van der Waals surface area contributed by atoms with E-state index in [1.807, 2.05) is 0 Å². The zero-order chi connectivity index (χ0) is 14.3. The normalized spacial score (nSPS) is 5.65. The second-order valence-electron chi connectivity index (χ2n) is 0.894. The first kappa shape index (κ1) is 29.3. The van der Waals surface area contributed by atoms with Crippen molar-refractivity contribution >= 4 is 0 Å². The molecule has 0 heterocycles. The zero-order valence-corrected chi connectivity index (χ0v) is 10.5. The van der Waals surface area contributed by atoms with E-state index in [2.05, 4.69) is 0 Å². The Morgan fingerprint density at radius 3 is 0.412 bits per heavy atom. The van der Waals surface area contributed by atoms with Gasteiger partial charge in [-0.15, -0.1) is 0 Å². The fraction of sp³-hybridized carbons (Fsp3) is 0. The van der Waals surface area contributed by atoms with Crippen LogP contribution in [0.3, 0.4) is 0 Å². The molecule has 0 amide bonds. The molecule has 0 aliphatic carbocycles. The van der Waals surface area contributed by atoms with Crippen LogP contribution >= 0.6 is 0 Å². The topological polar surface area (TPSA) is 265 Å². The summed E-state index contributed by atoms with van der Waals surface area (Å²) >= 11 is 0. The SMILES string of the molecule is O=[N+]([O-])[O-].O=[N+]([O-])[O-].O=[N+]([O-])[O-].O=[N+]([O-])[O-].[Pu]. The molecular weight excluding hydrogens is 492 g/mol. The van der Waals surface area contributed by atoms with Gasteiger partial charge < -0.3 is 61.3 Å². The van der Waals surface area contributed by atoms with Crippen LogP contribution in [0.5, 0.6) is 0 Å². The number of hydrogen-bond donors (Lipinski definition) is 0. The molecule has 17 heavy (non-hydrogen) atoms. The van der Waals surface area contributed by atoms with E-state index in [0.29, 0.717) is 0 Å². The van der Waals surface area contributed by atoms with E-state index in [-0.39, 0.29) is 29.2 Å². The third kappa shape index (κ3) is 391. The fourth-order valence-electron chi connectivity index (χ4n) is 0. The Labute approximate surface area is 111 Å². The van der Waals surface area contributed by atoms with Crippen LogP contribution in [0.2, 0.25) is 0 Å². The Bertz CT molecular complexity index is 159. The quantitative estimate of drug-likeness (QED) is 0.292. The molecule has 0 atom stereocenters. The predicted octanol–water partition coefficient (Wildman–Crippen LogP) is -0.956. The van der Waals surface area contributed by atoms with Crippen molar-refractivity contribution in [1.82, 2.24) is 0 Å². The van der Waals surface area contributed by atoms with Gasteiger partial charge in [0, 0.05) is 29.2 Å². The minimum Gasteiger partial charge on any atom is -0.356 e. The summed E-state index contributed by atoms with van der Waals surface area (Å²) in [4.78, 5) is 33.0.